The van der Waals surface area contributed by atoms with Crippen molar-refractivity contribution in [2.75, 3.05) is 6.54 Å². The van der Waals surface area contributed by atoms with Gasteiger partial charge in [-0.25, -0.2) is 4.39 Å². The summed E-state index contributed by atoms with van der Waals surface area (Å²) in [5, 5.41) is 13.1. The van der Waals surface area contributed by atoms with Gasteiger partial charge in [0, 0.05) is 12.1 Å². The third kappa shape index (κ3) is 4.93. The van der Waals surface area contributed by atoms with Crippen LogP contribution in [0, 0.1) is 27.8 Å². The zero-order valence-electron chi connectivity index (χ0n) is 12.1. The Morgan fingerprint density at radius 3 is 2.52 bits per heavy atom. The topological polar surface area (TPSA) is 72.2 Å². The predicted molar refractivity (Wildman–Crippen MR) is 83.1 cm³/mol. The van der Waals surface area contributed by atoms with E-state index in [0.29, 0.717) is 5.56 Å². The summed E-state index contributed by atoms with van der Waals surface area (Å²) in [5.41, 5.74) is 0.914. The highest BCUT2D eigenvalue weighted by atomic mass is 19.1. The number of nitro benzene ring substituents is 1. The molecule has 0 aliphatic carbocycles. The van der Waals surface area contributed by atoms with Crippen LogP contribution in [0.15, 0.2) is 48.5 Å². The van der Waals surface area contributed by atoms with Crippen LogP contribution in [0.3, 0.4) is 0 Å². The number of benzene rings is 2. The van der Waals surface area contributed by atoms with E-state index in [1.54, 1.807) is 18.2 Å². The summed E-state index contributed by atoms with van der Waals surface area (Å²) in [5.74, 6) is 4.64. The molecule has 0 aromatic heterocycles. The van der Waals surface area contributed by atoms with Crippen LogP contribution in [0.2, 0.25) is 0 Å². The fourth-order valence-corrected chi connectivity index (χ4v) is 1.83. The molecule has 0 saturated heterocycles. The summed E-state index contributed by atoms with van der Waals surface area (Å²) in [6.45, 7) is 0.0974. The van der Waals surface area contributed by atoms with Crippen LogP contribution in [0.5, 0.6) is 0 Å². The first-order valence-electron chi connectivity index (χ1n) is 6.79. The molecule has 0 radical (unpaired) electrons. The molecule has 5 nitrogen and oxygen atoms in total. The Balaban J connectivity index is 1.84. The molecule has 6 heteroatoms. The Morgan fingerprint density at radius 1 is 1.17 bits per heavy atom. The lowest BCUT2D eigenvalue weighted by molar-refractivity contribution is -0.384. The lowest BCUT2D eigenvalue weighted by Gasteiger charge is -2.01. The minimum Gasteiger partial charge on any atom is -0.345 e. The first-order valence-corrected chi connectivity index (χ1v) is 6.79. The molecule has 0 aliphatic heterocycles. The fraction of sp³-hybridized carbons (Fsp3) is 0.118. The van der Waals surface area contributed by atoms with Crippen molar-refractivity contribution in [3.8, 4) is 11.8 Å². The molecule has 0 fully saturated rings. The average Bonchev–Trinajstić information content (AvgIpc) is 2.53. The van der Waals surface area contributed by atoms with Crippen LogP contribution in [0.4, 0.5) is 10.1 Å². The molecule has 0 unspecified atom stereocenters. The smallest absolute Gasteiger partial charge is 0.269 e. The molecule has 0 saturated carbocycles. The molecular weight excluding hydrogens is 299 g/mol. The molecule has 0 aliphatic rings. The normalized spacial score (nSPS) is 9.61. The van der Waals surface area contributed by atoms with Gasteiger partial charge in [0.2, 0.25) is 5.91 Å². The Morgan fingerprint density at radius 2 is 1.87 bits per heavy atom. The average molecular weight is 312 g/mol. The van der Waals surface area contributed by atoms with Crippen molar-refractivity contribution in [2.45, 2.75) is 6.42 Å². The summed E-state index contributed by atoms with van der Waals surface area (Å²) in [4.78, 5) is 21.8. The van der Waals surface area contributed by atoms with Gasteiger partial charge in [-0.3, -0.25) is 14.9 Å². The minimum absolute atomic E-state index is 0.0232. The number of nitrogens with zero attached hydrogens (tertiary/aromatic N) is 1. The van der Waals surface area contributed by atoms with E-state index in [0.717, 1.165) is 0 Å². The van der Waals surface area contributed by atoms with Crippen molar-refractivity contribution in [2.24, 2.45) is 0 Å². The van der Waals surface area contributed by atoms with Crippen LogP contribution in [0.1, 0.15) is 11.1 Å². The van der Waals surface area contributed by atoms with Crippen molar-refractivity contribution < 1.29 is 14.1 Å². The molecule has 2 aromatic rings. The summed E-state index contributed by atoms with van der Waals surface area (Å²) in [6, 6.07) is 11.9. The molecule has 0 spiro atoms. The zero-order valence-corrected chi connectivity index (χ0v) is 12.1. The molecule has 1 amide bonds. The number of carbonyl (C=O) groups is 1. The molecule has 2 aromatic carbocycles. The van der Waals surface area contributed by atoms with Crippen molar-refractivity contribution >= 4 is 11.6 Å². The lowest BCUT2D eigenvalue weighted by atomic mass is 10.1. The molecule has 23 heavy (non-hydrogen) atoms. The molecule has 0 bridgehead atoms. The van der Waals surface area contributed by atoms with Crippen molar-refractivity contribution in [3.05, 3.63) is 75.6 Å². The maximum Gasteiger partial charge on any atom is 0.269 e. The third-order valence-corrected chi connectivity index (χ3v) is 2.98. The number of nitrogens with one attached hydrogen (secondary N) is 1. The summed E-state index contributed by atoms with van der Waals surface area (Å²) in [6.07, 6.45) is 0.0966. The number of hydrogen-bond donors (Lipinski definition) is 1. The first kappa shape index (κ1) is 16.2. The van der Waals surface area contributed by atoms with Gasteiger partial charge >= 0.3 is 0 Å². The van der Waals surface area contributed by atoms with Gasteiger partial charge in [-0.1, -0.05) is 36.1 Å². The maximum atomic E-state index is 13.3. The Hall–Kier alpha value is -3.20. The predicted octanol–water partition coefficient (Wildman–Crippen LogP) is 2.44. The zero-order chi connectivity index (χ0) is 16.7. The fourth-order valence-electron chi connectivity index (χ4n) is 1.83. The van der Waals surface area contributed by atoms with Crippen molar-refractivity contribution in [1.82, 2.24) is 5.32 Å². The van der Waals surface area contributed by atoms with E-state index in [-0.39, 0.29) is 30.1 Å². The number of carbonyl (C=O) groups excluding carboxylic acids is 1. The van der Waals surface area contributed by atoms with E-state index < -0.39 is 10.7 Å². The van der Waals surface area contributed by atoms with E-state index in [2.05, 4.69) is 17.2 Å². The second-order valence-electron chi connectivity index (χ2n) is 4.66. The van der Waals surface area contributed by atoms with Crippen molar-refractivity contribution in [1.29, 1.82) is 0 Å². The van der Waals surface area contributed by atoms with E-state index in [9.17, 15) is 19.3 Å². The van der Waals surface area contributed by atoms with E-state index >= 15 is 0 Å². The van der Waals surface area contributed by atoms with Gasteiger partial charge in [-0.05, 0) is 17.7 Å². The quantitative estimate of drug-likeness (QED) is 0.535. The van der Waals surface area contributed by atoms with Gasteiger partial charge in [-0.15, -0.1) is 0 Å². The first-order chi connectivity index (χ1) is 11.1. The SMILES string of the molecule is O=C(Cc1ccc([N+](=O)[O-])cc1)NCC#Cc1ccccc1F. The summed E-state index contributed by atoms with van der Waals surface area (Å²) in [7, 11) is 0. The van der Waals surface area contributed by atoms with Gasteiger partial charge in [0.15, 0.2) is 0 Å². The number of halogens is 1. The standard InChI is InChI=1S/C17H13FN2O3/c18-16-6-2-1-4-14(16)5-3-11-19-17(21)12-13-7-9-15(10-8-13)20(22)23/h1-2,4,6-10H,11-12H2,(H,19,21). The largest absolute Gasteiger partial charge is 0.345 e. The van der Waals surface area contributed by atoms with Crippen LogP contribution < -0.4 is 5.32 Å². The molecule has 0 atom stereocenters. The highest BCUT2D eigenvalue weighted by molar-refractivity contribution is 5.78. The molecular formula is C17H13FN2O3. The lowest BCUT2D eigenvalue weighted by Crippen LogP contribution is -2.25. The molecule has 1 N–H and O–H groups in total. The van der Waals surface area contributed by atoms with E-state index in [1.807, 2.05) is 0 Å². The minimum atomic E-state index is -0.498. The van der Waals surface area contributed by atoms with Gasteiger partial charge < -0.3 is 5.32 Å². The van der Waals surface area contributed by atoms with Crippen LogP contribution in [-0.4, -0.2) is 17.4 Å². The number of amides is 1. The van der Waals surface area contributed by atoms with Crippen LogP contribution >= 0.6 is 0 Å². The Kier molecular flexibility index (Phi) is 5.42. The van der Waals surface area contributed by atoms with Crippen LogP contribution in [0.25, 0.3) is 0 Å². The monoisotopic (exact) mass is 312 g/mol. The van der Waals surface area contributed by atoms with Gasteiger partial charge in [0.1, 0.15) is 5.82 Å². The summed E-state index contributed by atoms with van der Waals surface area (Å²) >= 11 is 0. The number of nitro groups is 1. The summed E-state index contributed by atoms with van der Waals surface area (Å²) < 4.78 is 13.3. The molecule has 116 valence electrons. The van der Waals surface area contributed by atoms with Crippen LogP contribution in [-0.2, 0) is 11.2 Å². The number of hydrogen-bond acceptors (Lipinski definition) is 3. The number of rotatable bonds is 4. The number of non-ortho nitro benzene ring substituents is 1. The second kappa shape index (κ2) is 7.71. The van der Waals surface area contributed by atoms with E-state index in [4.69, 9.17) is 0 Å². The Labute approximate surface area is 132 Å². The van der Waals surface area contributed by atoms with Crippen molar-refractivity contribution in [3.63, 3.8) is 0 Å². The van der Waals surface area contributed by atoms with Gasteiger partial charge in [-0.2, -0.15) is 0 Å². The van der Waals surface area contributed by atoms with Gasteiger partial charge in [0.05, 0.1) is 23.5 Å². The maximum absolute atomic E-state index is 13.3. The highest BCUT2D eigenvalue weighted by Crippen LogP contribution is 2.12. The Bertz CT molecular complexity index is 776. The third-order valence-electron chi connectivity index (χ3n) is 2.98. The highest BCUT2D eigenvalue weighted by Gasteiger charge is 2.06. The van der Waals surface area contributed by atoms with E-state index in [1.165, 1.54) is 30.3 Å². The molecule has 0 heterocycles. The molecule has 2 rings (SSSR count). The second-order valence-corrected chi connectivity index (χ2v) is 4.66. The van der Waals surface area contributed by atoms with Gasteiger partial charge in [0.25, 0.3) is 5.69 Å².